The summed E-state index contributed by atoms with van der Waals surface area (Å²) in [5.74, 6) is -1.67. The first kappa shape index (κ1) is 41.1. The Labute approximate surface area is 239 Å². The van der Waals surface area contributed by atoms with E-state index in [9.17, 15) is 29.1 Å². The summed E-state index contributed by atoms with van der Waals surface area (Å²) < 4.78 is 8.72. The number of ether oxygens (including phenoxy) is 2. The highest BCUT2D eigenvalue weighted by atomic mass is 16.5. The fourth-order valence-corrected chi connectivity index (χ4v) is 2.62. The van der Waals surface area contributed by atoms with Gasteiger partial charge in [-0.25, -0.2) is 4.79 Å². The van der Waals surface area contributed by atoms with Crippen LogP contribution in [-0.4, -0.2) is 92.3 Å². The predicted octanol–water partition coefficient (Wildman–Crippen LogP) is 2.32. The SMILES string of the molecule is C=CCC.C=CCCC.CC(C)C.COC(=O)CNC(=O)C(O)CNC(=O)C1CCCN1C(=O)CNC(=O)OC. The maximum atomic E-state index is 12.3. The third-order valence-corrected chi connectivity index (χ3v) is 4.63. The second-order valence-electron chi connectivity index (χ2n) is 9.15. The zero-order chi connectivity index (χ0) is 31.5. The minimum Gasteiger partial charge on any atom is -0.468 e. The highest BCUT2D eigenvalue weighted by Crippen LogP contribution is 2.17. The fraction of sp³-hybridized carbons (Fsp3) is 0.679. The Morgan fingerprint density at radius 1 is 0.975 bits per heavy atom. The van der Waals surface area contributed by atoms with Crippen LogP contribution < -0.4 is 16.0 Å². The second kappa shape index (κ2) is 27.2. The molecule has 12 heteroatoms. The van der Waals surface area contributed by atoms with Crippen molar-refractivity contribution in [1.29, 1.82) is 0 Å². The number of amides is 4. The molecule has 4 N–H and O–H groups in total. The van der Waals surface area contributed by atoms with Gasteiger partial charge in [-0.15, -0.1) is 13.2 Å². The maximum absolute atomic E-state index is 12.3. The number of rotatable bonds is 11. The number of aliphatic hydroxyl groups is 1. The lowest BCUT2D eigenvalue weighted by Crippen LogP contribution is -2.51. The maximum Gasteiger partial charge on any atom is 0.407 e. The first-order chi connectivity index (χ1) is 18.9. The molecule has 0 aromatic carbocycles. The monoisotopic (exact) mass is 572 g/mol. The van der Waals surface area contributed by atoms with Crippen LogP contribution >= 0.6 is 0 Å². The number of alkyl carbamates (subject to hydrolysis) is 1. The molecule has 1 aliphatic heterocycles. The highest BCUT2D eigenvalue weighted by molar-refractivity contribution is 5.90. The number of carbonyl (C=O) groups is 5. The summed E-state index contributed by atoms with van der Waals surface area (Å²) in [4.78, 5) is 59.3. The van der Waals surface area contributed by atoms with Gasteiger partial charge in [0.15, 0.2) is 0 Å². The van der Waals surface area contributed by atoms with Gasteiger partial charge in [-0.05, 0) is 31.6 Å². The van der Waals surface area contributed by atoms with E-state index in [0.29, 0.717) is 19.4 Å². The first-order valence-electron chi connectivity index (χ1n) is 13.5. The van der Waals surface area contributed by atoms with Gasteiger partial charge >= 0.3 is 12.1 Å². The number of nitrogens with zero attached hydrogens (tertiary/aromatic N) is 1. The smallest absolute Gasteiger partial charge is 0.407 e. The van der Waals surface area contributed by atoms with E-state index >= 15 is 0 Å². The van der Waals surface area contributed by atoms with Crippen LogP contribution in [0, 0.1) is 5.92 Å². The van der Waals surface area contributed by atoms with Gasteiger partial charge in [0, 0.05) is 6.54 Å². The molecule has 232 valence electrons. The molecule has 1 heterocycles. The van der Waals surface area contributed by atoms with E-state index in [0.717, 1.165) is 25.9 Å². The quantitative estimate of drug-likeness (QED) is 0.216. The zero-order valence-electron chi connectivity index (χ0n) is 25.4. The van der Waals surface area contributed by atoms with Gasteiger partial charge in [0.1, 0.15) is 25.2 Å². The Balaban J connectivity index is -0.000000872. The minimum absolute atomic E-state index is 0.311. The first-order valence-corrected chi connectivity index (χ1v) is 13.5. The Hall–Kier alpha value is -3.41. The van der Waals surface area contributed by atoms with Crippen molar-refractivity contribution in [3.63, 3.8) is 0 Å². The highest BCUT2D eigenvalue weighted by Gasteiger charge is 2.34. The summed E-state index contributed by atoms with van der Waals surface area (Å²) in [5, 5.41) is 16.5. The number of hydrogen-bond donors (Lipinski definition) is 4. The van der Waals surface area contributed by atoms with Gasteiger partial charge in [-0.1, -0.05) is 53.2 Å². The molecule has 0 aliphatic carbocycles. The topological polar surface area (TPSA) is 163 Å². The Kier molecular flexibility index (Phi) is 27.9. The molecule has 0 radical (unpaired) electrons. The second-order valence-corrected chi connectivity index (χ2v) is 9.15. The van der Waals surface area contributed by atoms with E-state index in [4.69, 9.17) is 0 Å². The molecule has 0 bridgehead atoms. The van der Waals surface area contributed by atoms with Crippen molar-refractivity contribution >= 4 is 29.8 Å². The van der Waals surface area contributed by atoms with Gasteiger partial charge in [0.2, 0.25) is 11.8 Å². The zero-order valence-corrected chi connectivity index (χ0v) is 25.4. The lowest BCUT2D eigenvalue weighted by atomic mass is 10.2. The summed E-state index contributed by atoms with van der Waals surface area (Å²) >= 11 is 0. The van der Waals surface area contributed by atoms with Gasteiger partial charge in [-0.2, -0.15) is 0 Å². The summed E-state index contributed by atoms with van der Waals surface area (Å²) in [7, 11) is 2.32. The molecule has 0 aromatic heterocycles. The number of methoxy groups -OCH3 is 2. The average molecular weight is 573 g/mol. The molecular weight excluding hydrogens is 520 g/mol. The van der Waals surface area contributed by atoms with Crippen LogP contribution in [0.3, 0.4) is 0 Å². The number of likely N-dealkylation sites (tertiary alicyclic amines) is 1. The normalized spacial score (nSPS) is 13.8. The van der Waals surface area contributed by atoms with Crippen LogP contribution in [0.2, 0.25) is 0 Å². The predicted molar refractivity (Wildman–Crippen MR) is 155 cm³/mol. The van der Waals surface area contributed by atoms with Crippen molar-refractivity contribution in [1.82, 2.24) is 20.9 Å². The van der Waals surface area contributed by atoms with Crippen molar-refractivity contribution in [2.24, 2.45) is 5.92 Å². The van der Waals surface area contributed by atoms with Crippen molar-refractivity contribution < 1.29 is 38.6 Å². The molecule has 2 unspecified atom stereocenters. The van der Waals surface area contributed by atoms with E-state index in [1.54, 1.807) is 0 Å². The van der Waals surface area contributed by atoms with Crippen LogP contribution in [0.1, 0.15) is 66.7 Å². The Morgan fingerprint density at radius 3 is 1.98 bits per heavy atom. The minimum atomic E-state index is -1.56. The number of carbonyl (C=O) groups excluding carboxylic acids is 5. The molecule has 40 heavy (non-hydrogen) atoms. The molecule has 12 nitrogen and oxygen atoms in total. The molecule has 0 saturated carbocycles. The van der Waals surface area contributed by atoms with Crippen LogP contribution in [0.5, 0.6) is 0 Å². The van der Waals surface area contributed by atoms with E-state index < -0.39 is 48.5 Å². The van der Waals surface area contributed by atoms with E-state index in [-0.39, 0.29) is 13.1 Å². The molecule has 0 aromatic rings. The summed E-state index contributed by atoms with van der Waals surface area (Å²) in [6.07, 6.45) is 5.96. The van der Waals surface area contributed by atoms with Crippen LogP contribution in [0.15, 0.2) is 25.3 Å². The molecule has 0 spiro atoms. The average Bonchev–Trinajstić information content (AvgIpc) is 3.43. The number of hydrogen-bond acceptors (Lipinski definition) is 8. The fourth-order valence-electron chi connectivity index (χ4n) is 2.62. The van der Waals surface area contributed by atoms with Gasteiger partial charge < -0.3 is 35.4 Å². The molecule has 1 saturated heterocycles. The van der Waals surface area contributed by atoms with Crippen molar-refractivity contribution in [2.75, 3.05) is 40.4 Å². The van der Waals surface area contributed by atoms with E-state index in [1.165, 1.54) is 18.4 Å². The summed E-state index contributed by atoms with van der Waals surface area (Å²) in [6, 6.07) is -0.762. The Morgan fingerprint density at radius 2 is 1.55 bits per heavy atom. The number of unbranched alkanes of at least 4 members (excludes halogenated alkanes) is 1. The molecular formula is C28H52N4O8. The standard InChI is InChI=1S/C15H24N4O8.C5H10.C4H10.C4H8/c1-26-12(22)8-17-14(24)10(20)6-16-13(23)9-4-3-5-19(9)11(21)7-18-15(25)27-2;1-3-5-4-2;1-4(2)3;1-3-4-2/h9-10,20H,3-8H2,1-2H3,(H,16,23)(H,17,24)(H,18,25);3H,1,4-5H2,2H3;4H,1-3H3;3H,1,4H2,2H3. The number of allylic oxidation sites excluding steroid dienone is 2. The Bertz CT molecular complexity index is 756. The lowest BCUT2D eigenvalue weighted by molar-refractivity contribution is -0.142. The molecule has 1 aliphatic rings. The largest absolute Gasteiger partial charge is 0.468 e. The summed E-state index contributed by atoms with van der Waals surface area (Å²) in [5.41, 5.74) is 0. The van der Waals surface area contributed by atoms with Crippen molar-refractivity contribution in [2.45, 2.75) is 78.9 Å². The molecule has 4 amide bonds. The van der Waals surface area contributed by atoms with Crippen LogP contribution in [-0.2, 0) is 28.7 Å². The lowest BCUT2D eigenvalue weighted by Gasteiger charge is -2.24. The van der Waals surface area contributed by atoms with Gasteiger partial charge in [0.05, 0.1) is 20.8 Å². The molecule has 1 fully saturated rings. The van der Waals surface area contributed by atoms with Crippen LogP contribution in [0.4, 0.5) is 4.79 Å². The van der Waals surface area contributed by atoms with Gasteiger partial charge in [-0.3, -0.25) is 19.2 Å². The molecule has 1 rings (SSSR count). The number of esters is 1. The van der Waals surface area contributed by atoms with Crippen molar-refractivity contribution in [3.8, 4) is 0 Å². The van der Waals surface area contributed by atoms with Crippen LogP contribution in [0.25, 0.3) is 0 Å². The third kappa shape index (κ3) is 23.7. The van der Waals surface area contributed by atoms with E-state index in [1.807, 2.05) is 12.2 Å². The summed E-state index contributed by atoms with van der Waals surface area (Å²) in [6.45, 7) is 17.0. The van der Waals surface area contributed by atoms with Gasteiger partial charge in [0.25, 0.3) is 5.91 Å². The molecule has 2 atom stereocenters. The third-order valence-electron chi connectivity index (χ3n) is 4.63. The number of aliphatic hydroxyl groups excluding tert-OH is 1. The number of nitrogens with one attached hydrogen (secondary N) is 3. The van der Waals surface area contributed by atoms with E-state index in [2.05, 4.69) is 73.2 Å². The van der Waals surface area contributed by atoms with Crippen molar-refractivity contribution in [3.05, 3.63) is 25.3 Å².